The lowest BCUT2D eigenvalue weighted by atomic mass is 10.1. The second-order valence-corrected chi connectivity index (χ2v) is 9.19. The standard InChI is InChI=1S/C22H31N3O2S.HI/c1-4-23-22(25(3)17-20-13-11-19(2)12-14-20)24-15-8-16-28(26,27)18-21-9-6-5-7-10-21;/h5-7,9-14H,4,8,15-18H2,1-3H3,(H,23,24);1H. The van der Waals surface area contributed by atoms with Crippen molar-refractivity contribution < 1.29 is 8.42 Å². The number of sulfone groups is 1. The third-order valence-corrected chi connectivity index (χ3v) is 6.03. The number of nitrogens with one attached hydrogen (secondary N) is 1. The summed E-state index contributed by atoms with van der Waals surface area (Å²) in [7, 11) is -1.13. The molecule has 0 radical (unpaired) electrons. The van der Waals surface area contributed by atoms with Crippen molar-refractivity contribution in [2.24, 2.45) is 4.99 Å². The van der Waals surface area contributed by atoms with Gasteiger partial charge in [-0.2, -0.15) is 0 Å². The molecule has 0 unspecified atom stereocenters. The van der Waals surface area contributed by atoms with E-state index >= 15 is 0 Å². The quantitative estimate of drug-likeness (QED) is 0.231. The lowest BCUT2D eigenvalue weighted by Crippen LogP contribution is -2.38. The SMILES string of the molecule is CCNC(=NCCCS(=O)(=O)Cc1ccccc1)N(C)Cc1ccc(C)cc1.I. The van der Waals surface area contributed by atoms with Crippen LogP contribution in [-0.2, 0) is 22.1 Å². The van der Waals surface area contributed by atoms with E-state index in [1.165, 1.54) is 11.1 Å². The first-order valence-electron chi connectivity index (χ1n) is 9.69. The van der Waals surface area contributed by atoms with Gasteiger partial charge in [0, 0.05) is 26.7 Å². The van der Waals surface area contributed by atoms with Crippen molar-refractivity contribution in [2.45, 2.75) is 32.6 Å². The van der Waals surface area contributed by atoms with Crippen molar-refractivity contribution in [3.8, 4) is 0 Å². The molecule has 0 aliphatic heterocycles. The summed E-state index contributed by atoms with van der Waals surface area (Å²) in [5.74, 6) is 1.03. The molecule has 0 aromatic heterocycles. The lowest BCUT2D eigenvalue weighted by molar-refractivity contribution is 0.477. The van der Waals surface area contributed by atoms with E-state index in [9.17, 15) is 8.42 Å². The summed E-state index contributed by atoms with van der Waals surface area (Å²) >= 11 is 0. The van der Waals surface area contributed by atoms with Gasteiger partial charge in [0.25, 0.3) is 0 Å². The Balaban J connectivity index is 0.00000420. The molecule has 0 aliphatic carbocycles. The molecule has 2 rings (SSSR count). The number of benzene rings is 2. The van der Waals surface area contributed by atoms with E-state index in [0.29, 0.717) is 13.0 Å². The van der Waals surface area contributed by atoms with Gasteiger partial charge in [0.2, 0.25) is 0 Å². The van der Waals surface area contributed by atoms with Crippen LogP contribution in [0, 0.1) is 6.92 Å². The molecule has 0 heterocycles. The molecule has 5 nitrogen and oxygen atoms in total. The fraction of sp³-hybridized carbons (Fsp3) is 0.409. The van der Waals surface area contributed by atoms with Crippen molar-refractivity contribution in [1.29, 1.82) is 0 Å². The molecule has 0 saturated carbocycles. The van der Waals surface area contributed by atoms with Gasteiger partial charge in [-0.15, -0.1) is 24.0 Å². The summed E-state index contributed by atoms with van der Waals surface area (Å²) in [4.78, 5) is 6.67. The molecular formula is C22H32IN3O2S. The Morgan fingerprint density at radius 3 is 2.31 bits per heavy atom. The summed E-state index contributed by atoms with van der Waals surface area (Å²) in [5.41, 5.74) is 3.28. The molecular weight excluding hydrogens is 497 g/mol. The predicted molar refractivity (Wildman–Crippen MR) is 133 cm³/mol. The minimum absolute atomic E-state index is 0. The Morgan fingerprint density at radius 2 is 1.69 bits per heavy atom. The summed E-state index contributed by atoms with van der Waals surface area (Å²) in [6.07, 6.45) is 0.516. The van der Waals surface area contributed by atoms with Crippen molar-refractivity contribution >= 4 is 39.8 Å². The summed E-state index contributed by atoms with van der Waals surface area (Å²) < 4.78 is 24.6. The maximum Gasteiger partial charge on any atom is 0.193 e. The van der Waals surface area contributed by atoms with Crippen LogP contribution in [0.1, 0.15) is 30.0 Å². The van der Waals surface area contributed by atoms with Gasteiger partial charge in [0.1, 0.15) is 0 Å². The van der Waals surface area contributed by atoms with Crippen LogP contribution in [-0.4, -0.2) is 45.2 Å². The maximum atomic E-state index is 12.3. The average molecular weight is 529 g/mol. The smallest absolute Gasteiger partial charge is 0.193 e. The Bertz CT molecular complexity index is 853. The van der Waals surface area contributed by atoms with Crippen molar-refractivity contribution in [3.05, 3.63) is 71.3 Å². The number of guanidine groups is 1. The third kappa shape index (κ3) is 9.62. The number of nitrogens with zero attached hydrogens (tertiary/aromatic N) is 2. The van der Waals surface area contributed by atoms with Gasteiger partial charge in [-0.05, 0) is 31.4 Å². The second kappa shape index (κ2) is 12.8. The number of aliphatic imine (C=N–C) groups is 1. The third-order valence-electron chi connectivity index (χ3n) is 4.34. The monoisotopic (exact) mass is 529 g/mol. The van der Waals surface area contributed by atoms with Gasteiger partial charge >= 0.3 is 0 Å². The van der Waals surface area contributed by atoms with E-state index in [1.807, 2.05) is 44.3 Å². The van der Waals surface area contributed by atoms with Crippen LogP contribution in [0.25, 0.3) is 0 Å². The molecule has 160 valence electrons. The molecule has 0 saturated heterocycles. The number of aryl methyl sites for hydroxylation is 1. The first-order valence-corrected chi connectivity index (χ1v) is 11.5. The molecule has 0 amide bonds. The van der Waals surface area contributed by atoms with Gasteiger partial charge in [-0.25, -0.2) is 8.42 Å². The predicted octanol–water partition coefficient (Wildman–Crippen LogP) is 4.02. The fourth-order valence-corrected chi connectivity index (χ4v) is 4.30. The zero-order valence-corrected chi connectivity index (χ0v) is 20.6. The molecule has 7 heteroatoms. The van der Waals surface area contributed by atoms with Crippen LogP contribution in [0.15, 0.2) is 59.6 Å². The number of hydrogen-bond acceptors (Lipinski definition) is 3. The highest BCUT2D eigenvalue weighted by Gasteiger charge is 2.12. The number of rotatable bonds is 9. The van der Waals surface area contributed by atoms with Gasteiger partial charge in [0.15, 0.2) is 15.8 Å². The highest BCUT2D eigenvalue weighted by Crippen LogP contribution is 2.08. The minimum Gasteiger partial charge on any atom is -0.357 e. The second-order valence-electron chi connectivity index (χ2n) is 7.01. The van der Waals surface area contributed by atoms with Crippen LogP contribution >= 0.6 is 24.0 Å². The van der Waals surface area contributed by atoms with E-state index < -0.39 is 9.84 Å². The molecule has 1 N–H and O–H groups in total. The van der Waals surface area contributed by atoms with Gasteiger partial charge in [-0.1, -0.05) is 60.2 Å². The van der Waals surface area contributed by atoms with Crippen molar-refractivity contribution in [2.75, 3.05) is 25.9 Å². The van der Waals surface area contributed by atoms with Gasteiger partial charge in [0.05, 0.1) is 11.5 Å². The first-order chi connectivity index (χ1) is 13.4. The van der Waals surface area contributed by atoms with Crippen molar-refractivity contribution in [1.82, 2.24) is 10.2 Å². The normalized spacial score (nSPS) is 11.6. The first kappa shape index (κ1) is 25.4. The van der Waals surface area contributed by atoms with Crippen LogP contribution in [0.2, 0.25) is 0 Å². The van der Waals surface area contributed by atoms with Crippen LogP contribution < -0.4 is 5.32 Å². The maximum absolute atomic E-state index is 12.3. The van der Waals surface area contributed by atoms with Crippen LogP contribution in [0.3, 0.4) is 0 Å². The average Bonchev–Trinajstić information content (AvgIpc) is 2.66. The Hall–Kier alpha value is -1.61. The number of hydrogen-bond donors (Lipinski definition) is 1. The molecule has 0 spiro atoms. The molecule has 2 aromatic carbocycles. The highest BCUT2D eigenvalue weighted by molar-refractivity contribution is 14.0. The molecule has 0 bridgehead atoms. The summed E-state index contributed by atoms with van der Waals surface area (Å²) in [5, 5.41) is 3.28. The van der Waals surface area contributed by atoms with Crippen LogP contribution in [0.5, 0.6) is 0 Å². The molecule has 29 heavy (non-hydrogen) atoms. The van der Waals surface area contributed by atoms with E-state index in [-0.39, 0.29) is 35.5 Å². The molecule has 2 aromatic rings. The Morgan fingerprint density at radius 1 is 1.03 bits per heavy atom. The molecule has 0 fully saturated rings. The number of halogens is 1. The summed E-state index contributed by atoms with van der Waals surface area (Å²) in [6, 6.07) is 17.7. The molecule has 0 aliphatic rings. The zero-order valence-electron chi connectivity index (χ0n) is 17.5. The van der Waals surface area contributed by atoms with E-state index in [4.69, 9.17) is 0 Å². The van der Waals surface area contributed by atoms with Gasteiger partial charge in [-0.3, -0.25) is 4.99 Å². The van der Waals surface area contributed by atoms with E-state index in [0.717, 1.165) is 24.6 Å². The van der Waals surface area contributed by atoms with Crippen molar-refractivity contribution in [3.63, 3.8) is 0 Å². The Labute approximate surface area is 192 Å². The fourth-order valence-electron chi connectivity index (χ4n) is 2.88. The van der Waals surface area contributed by atoms with E-state index in [2.05, 4.69) is 46.4 Å². The summed E-state index contributed by atoms with van der Waals surface area (Å²) in [6.45, 7) is 6.10. The van der Waals surface area contributed by atoms with Crippen LogP contribution in [0.4, 0.5) is 0 Å². The van der Waals surface area contributed by atoms with Gasteiger partial charge < -0.3 is 10.2 Å². The Kier molecular flexibility index (Phi) is 11.3. The largest absolute Gasteiger partial charge is 0.357 e. The lowest BCUT2D eigenvalue weighted by Gasteiger charge is -2.22. The minimum atomic E-state index is -3.12. The van der Waals surface area contributed by atoms with E-state index in [1.54, 1.807) is 0 Å². The zero-order chi connectivity index (χ0) is 20.4. The highest BCUT2D eigenvalue weighted by atomic mass is 127. The topological polar surface area (TPSA) is 61.8 Å². The molecule has 0 atom stereocenters.